The van der Waals surface area contributed by atoms with Crippen LogP contribution in [0.5, 0.6) is 0 Å². The first kappa shape index (κ1) is 13.1. The molecule has 1 aromatic heterocycles. The molecular formula is C15H21N5. The Bertz CT molecular complexity index is 584. The van der Waals surface area contributed by atoms with Crippen molar-refractivity contribution in [2.45, 2.75) is 39.7 Å². The van der Waals surface area contributed by atoms with Crippen molar-refractivity contribution in [3.8, 4) is 11.4 Å². The number of hydrogen-bond acceptors (Lipinski definition) is 4. The molecule has 1 fully saturated rings. The maximum atomic E-state index is 5.92. The predicted molar refractivity (Wildman–Crippen MR) is 78.9 cm³/mol. The molecule has 1 heterocycles. The zero-order chi connectivity index (χ0) is 14.1. The van der Waals surface area contributed by atoms with E-state index in [1.165, 1.54) is 19.3 Å². The third-order valence-electron chi connectivity index (χ3n) is 4.12. The number of tetrazole rings is 1. The van der Waals surface area contributed by atoms with Gasteiger partial charge in [0.2, 0.25) is 0 Å². The lowest BCUT2D eigenvalue weighted by molar-refractivity contribution is 0.412. The zero-order valence-electron chi connectivity index (χ0n) is 12.1. The summed E-state index contributed by atoms with van der Waals surface area (Å²) >= 11 is 0. The first-order valence-electron chi connectivity index (χ1n) is 7.25. The van der Waals surface area contributed by atoms with Crippen LogP contribution in [-0.4, -0.2) is 20.2 Å². The van der Waals surface area contributed by atoms with E-state index in [1.807, 2.05) is 23.7 Å². The molecule has 1 saturated carbocycles. The highest BCUT2D eigenvalue weighted by molar-refractivity contribution is 5.62. The van der Waals surface area contributed by atoms with Gasteiger partial charge < -0.3 is 5.73 Å². The normalized spacial score (nSPS) is 22.3. The molecule has 2 N–H and O–H groups in total. The first-order chi connectivity index (χ1) is 9.61. The molecule has 20 heavy (non-hydrogen) atoms. The molecule has 0 spiro atoms. The quantitative estimate of drug-likeness (QED) is 0.871. The molecule has 3 rings (SSSR count). The van der Waals surface area contributed by atoms with Crippen LogP contribution in [0.3, 0.4) is 0 Å². The Morgan fingerprint density at radius 1 is 1.30 bits per heavy atom. The van der Waals surface area contributed by atoms with E-state index >= 15 is 0 Å². The van der Waals surface area contributed by atoms with E-state index in [4.69, 9.17) is 5.73 Å². The molecule has 0 saturated heterocycles. The van der Waals surface area contributed by atoms with Gasteiger partial charge in [-0.25, -0.2) is 4.68 Å². The highest BCUT2D eigenvalue weighted by Gasteiger charge is 2.23. The van der Waals surface area contributed by atoms with Crippen molar-refractivity contribution in [2.75, 3.05) is 5.73 Å². The van der Waals surface area contributed by atoms with Crippen molar-refractivity contribution in [3.63, 3.8) is 0 Å². The first-order valence-corrected chi connectivity index (χ1v) is 7.25. The summed E-state index contributed by atoms with van der Waals surface area (Å²) in [5.74, 6) is 2.34. The molecular weight excluding hydrogens is 250 g/mol. The maximum absolute atomic E-state index is 5.92. The lowest BCUT2D eigenvalue weighted by Crippen LogP contribution is -2.11. The van der Waals surface area contributed by atoms with Crippen LogP contribution in [0.4, 0.5) is 5.69 Å². The number of nitrogens with two attached hydrogens (primary N) is 1. The van der Waals surface area contributed by atoms with Crippen molar-refractivity contribution in [1.29, 1.82) is 0 Å². The van der Waals surface area contributed by atoms with Gasteiger partial charge in [-0.1, -0.05) is 13.3 Å². The van der Waals surface area contributed by atoms with Gasteiger partial charge in [-0.3, -0.25) is 0 Å². The third-order valence-corrected chi connectivity index (χ3v) is 4.12. The Balaban J connectivity index is 1.86. The molecule has 2 aromatic rings. The van der Waals surface area contributed by atoms with Gasteiger partial charge >= 0.3 is 0 Å². The second-order valence-electron chi connectivity index (χ2n) is 6.10. The Morgan fingerprint density at radius 3 is 2.85 bits per heavy atom. The number of nitrogen functional groups attached to an aromatic ring is 1. The molecule has 2 unspecified atom stereocenters. The Labute approximate surface area is 119 Å². The standard InChI is InChI=1S/C15H21N5/c1-10-3-4-12(5-10)9-20-15(17-18-19-20)13-6-11(2)7-14(16)8-13/h6-8,10,12H,3-5,9,16H2,1-2H3. The zero-order valence-corrected chi connectivity index (χ0v) is 12.1. The van der Waals surface area contributed by atoms with E-state index in [9.17, 15) is 0 Å². The average molecular weight is 271 g/mol. The number of hydrogen-bond donors (Lipinski definition) is 1. The predicted octanol–water partition coefficient (Wildman–Crippen LogP) is 2.67. The molecule has 5 heteroatoms. The molecule has 2 atom stereocenters. The van der Waals surface area contributed by atoms with Crippen LogP contribution in [0, 0.1) is 18.8 Å². The van der Waals surface area contributed by atoms with Crippen molar-refractivity contribution < 1.29 is 0 Å². The number of benzene rings is 1. The van der Waals surface area contributed by atoms with Crippen LogP contribution >= 0.6 is 0 Å². The highest BCUT2D eigenvalue weighted by Crippen LogP contribution is 2.32. The molecule has 1 aliphatic rings. The van der Waals surface area contributed by atoms with Gasteiger partial charge in [0.1, 0.15) is 0 Å². The molecule has 1 aromatic carbocycles. The topological polar surface area (TPSA) is 69.6 Å². The van der Waals surface area contributed by atoms with E-state index in [0.29, 0.717) is 5.92 Å². The van der Waals surface area contributed by atoms with Crippen LogP contribution < -0.4 is 5.73 Å². The van der Waals surface area contributed by atoms with Gasteiger partial charge in [-0.05, 0) is 65.8 Å². The van der Waals surface area contributed by atoms with Gasteiger partial charge in [-0.2, -0.15) is 0 Å². The Morgan fingerprint density at radius 2 is 2.15 bits per heavy atom. The van der Waals surface area contributed by atoms with Gasteiger partial charge in [0.25, 0.3) is 0 Å². The van der Waals surface area contributed by atoms with E-state index in [-0.39, 0.29) is 0 Å². The summed E-state index contributed by atoms with van der Waals surface area (Å²) in [6, 6.07) is 5.97. The third kappa shape index (κ3) is 2.66. The van der Waals surface area contributed by atoms with Crippen molar-refractivity contribution in [3.05, 3.63) is 23.8 Å². The molecule has 1 aliphatic carbocycles. The fourth-order valence-corrected chi connectivity index (χ4v) is 3.21. The smallest absolute Gasteiger partial charge is 0.182 e. The SMILES string of the molecule is Cc1cc(N)cc(-c2nnnn2CC2CCC(C)C2)c1. The van der Waals surface area contributed by atoms with Crippen LogP contribution in [0.2, 0.25) is 0 Å². The second kappa shape index (κ2) is 5.23. The van der Waals surface area contributed by atoms with Gasteiger partial charge in [0, 0.05) is 17.8 Å². The number of aromatic nitrogens is 4. The molecule has 0 bridgehead atoms. The van der Waals surface area contributed by atoms with Crippen LogP contribution in [-0.2, 0) is 6.54 Å². The van der Waals surface area contributed by atoms with E-state index < -0.39 is 0 Å². The minimum atomic E-state index is 0.689. The van der Waals surface area contributed by atoms with E-state index in [0.717, 1.165) is 35.1 Å². The van der Waals surface area contributed by atoms with Crippen molar-refractivity contribution >= 4 is 5.69 Å². The summed E-state index contributed by atoms with van der Waals surface area (Å²) in [7, 11) is 0. The largest absolute Gasteiger partial charge is 0.399 e. The van der Waals surface area contributed by atoms with Gasteiger partial charge in [0.05, 0.1) is 0 Å². The molecule has 0 radical (unpaired) electrons. The number of anilines is 1. The molecule has 0 amide bonds. The Kier molecular flexibility index (Phi) is 3.42. The highest BCUT2D eigenvalue weighted by atomic mass is 15.5. The lowest BCUT2D eigenvalue weighted by Gasteiger charge is -2.11. The summed E-state index contributed by atoms with van der Waals surface area (Å²) in [5.41, 5.74) is 8.80. The fraction of sp³-hybridized carbons (Fsp3) is 0.533. The van der Waals surface area contributed by atoms with Gasteiger partial charge in [-0.15, -0.1) is 5.10 Å². The summed E-state index contributed by atoms with van der Waals surface area (Å²) in [6.07, 6.45) is 3.87. The minimum Gasteiger partial charge on any atom is -0.399 e. The number of rotatable bonds is 3. The fourth-order valence-electron chi connectivity index (χ4n) is 3.21. The maximum Gasteiger partial charge on any atom is 0.182 e. The monoisotopic (exact) mass is 271 g/mol. The summed E-state index contributed by atoms with van der Waals surface area (Å²) < 4.78 is 1.93. The summed E-state index contributed by atoms with van der Waals surface area (Å²) in [4.78, 5) is 0. The number of aryl methyl sites for hydroxylation is 1. The number of nitrogens with zero attached hydrogens (tertiary/aromatic N) is 4. The van der Waals surface area contributed by atoms with Crippen LogP contribution in [0.1, 0.15) is 31.7 Å². The van der Waals surface area contributed by atoms with Crippen LogP contribution in [0.15, 0.2) is 18.2 Å². The average Bonchev–Trinajstić information content (AvgIpc) is 2.98. The van der Waals surface area contributed by atoms with Crippen molar-refractivity contribution in [2.24, 2.45) is 11.8 Å². The second-order valence-corrected chi connectivity index (χ2v) is 6.10. The lowest BCUT2D eigenvalue weighted by atomic mass is 10.1. The summed E-state index contributed by atoms with van der Waals surface area (Å²) in [6.45, 7) is 5.26. The van der Waals surface area contributed by atoms with E-state index in [1.54, 1.807) is 0 Å². The molecule has 106 valence electrons. The Hall–Kier alpha value is -1.91. The van der Waals surface area contributed by atoms with Crippen LogP contribution in [0.25, 0.3) is 11.4 Å². The molecule has 0 aliphatic heterocycles. The van der Waals surface area contributed by atoms with Crippen molar-refractivity contribution in [1.82, 2.24) is 20.2 Å². The summed E-state index contributed by atoms with van der Waals surface area (Å²) in [5, 5.41) is 12.2. The van der Waals surface area contributed by atoms with Gasteiger partial charge in [0.15, 0.2) is 5.82 Å². The minimum absolute atomic E-state index is 0.689. The van der Waals surface area contributed by atoms with E-state index in [2.05, 4.69) is 28.5 Å². The molecule has 5 nitrogen and oxygen atoms in total.